The van der Waals surface area contributed by atoms with E-state index in [2.05, 4.69) is 116 Å². The molecule has 2 radical (unpaired) electrons. The molecule has 0 atom stereocenters. The maximum absolute atomic E-state index is 12.6. The lowest BCUT2D eigenvalue weighted by Crippen LogP contribution is -2.31. The number of thioether (sulfide) groups is 4. The summed E-state index contributed by atoms with van der Waals surface area (Å²) in [5.41, 5.74) is 0. The summed E-state index contributed by atoms with van der Waals surface area (Å²) in [6, 6.07) is 20.5. The highest BCUT2D eigenvalue weighted by Crippen LogP contribution is 2.43. The van der Waals surface area contributed by atoms with Crippen molar-refractivity contribution in [1.82, 2.24) is 0 Å². The van der Waals surface area contributed by atoms with Gasteiger partial charge in [-0.1, -0.05) is 162 Å². The van der Waals surface area contributed by atoms with Crippen LogP contribution in [0.15, 0.2) is 48.5 Å². The van der Waals surface area contributed by atoms with Gasteiger partial charge in [0.1, 0.15) is 0 Å². The number of thiophene rings is 4. The number of ketones is 1. The fourth-order valence-corrected chi connectivity index (χ4v) is 21.5. The molecule has 0 fully saturated rings. The van der Waals surface area contributed by atoms with Crippen molar-refractivity contribution in [3.63, 3.8) is 0 Å². The SMILES string of the molecule is CCCCCCCSCCSCCSCCSCCCCCCCCCCCC[Si]O[Si](C)(C)CCCCCCCCCCCc1ccc(-c2ccc(-c3ccc(-c4ccc(C(=O)CCCCC)s4)s3)s2)s1. The van der Waals surface area contributed by atoms with Crippen LogP contribution in [0.5, 0.6) is 0 Å². The van der Waals surface area contributed by atoms with Crippen molar-refractivity contribution in [3.05, 3.63) is 58.3 Å². The average Bonchev–Trinajstić information content (AvgIpc) is 4.23. The summed E-state index contributed by atoms with van der Waals surface area (Å²) < 4.78 is 6.53. The molecule has 0 unspecified atom stereocenters. The van der Waals surface area contributed by atoms with Gasteiger partial charge in [-0.3, -0.25) is 4.79 Å². The molecule has 0 saturated carbocycles. The lowest BCUT2D eigenvalue weighted by atomic mass is 10.1. The number of carbonyl (C=O) groups excluding carboxylic acids is 1. The Kier molecular flexibility index (Phi) is 38.9. The van der Waals surface area contributed by atoms with Crippen LogP contribution < -0.4 is 0 Å². The van der Waals surface area contributed by atoms with Crippen molar-refractivity contribution >= 4 is 116 Å². The molecular formula is C60H98O2S8Si2. The van der Waals surface area contributed by atoms with Crippen molar-refractivity contribution in [2.24, 2.45) is 0 Å². The molecule has 4 rings (SSSR count). The number of unbranched alkanes of at least 4 members (excludes halogenated alkanes) is 23. The molecule has 0 N–H and O–H groups in total. The van der Waals surface area contributed by atoms with Gasteiger partial charge in [-0.25, -0.2) is 0 Å². The number of hydrogen-bond acceptors (Lipinski definition) is 10. The van der Waals surface area contributed by atoms with Crippen LogP contribution in [0.3, 0.4) is 0 Å². The monoisotopic (exact) mass is 1160 g/mol. The average molecular weight is 1160 g/mol. The summed E-state index contributed by atoms with van der Waals surface area (Å²) in [5, 5.41) is 0. The van der Waals surface area contributed by atoms with Gasteiger partial charge < -0.3 is 4.12 Å². The Morgan fingerprint density at radius 3 is 1.35 bits per heavy atom. The molecule has 2 nitrogen and oxygen atoms in total. The van der Waals surface area contributed by atoms with Gasteiger partial charge in [0.05, 0.1) is 4.88 Å². The van der Waals surface area contributed by atoms with Crippen molar-refractivity contribution in [3.8, 4) is 29.3 Å². The van der Waals surface area contributed by atoms with Crippen molar-refractivity contribution in [2.75, 3.05) is 46.0 Å². The van der Waals surface area contributed by atoms with Gasteiger partial charge in [0.25, 0.3) is 0 Å². The number of Topliss-reactive ketones (excluding diaryl/α,β-unsaturated/α-hetero) is 1. The second kappa shape index (κ2) is 43.2. The van der Waals surface area contributed by atoms with E-state index in [0.29, 0.717) is 12.2 Å². The van der Waals surface area contributed by atoms with E-state index in [4.69, 9.17) is 4.12 Å². The first kappa shape index (κ1) is 64.8. The van der Waals surface area contributed by atoms with E-state index in [1.54, 1.807) is 11.3 Å². The number of aryl methyl sites for hydroxylation is 1. The zero-order valence-electron chi connectivity index (χ0n) is 45.8. The molecule has 0 aliphatic heterocycles. The molecule has 0 spiro atoms. The van der Waals surface area contributed by atoms with E-state index in [-0.39, 0.29) is 0 Å². The third-order valence-corrected chi connectivity index (χ3v) is 28.2. The van der Waals surface area contributed by atoms with E-state index < -0.39 is 8.32 Å². The largest absolute Gasteiger partial charge is 0.456 e. The Morgan fingerprint density at radius 2 is 0.819 bits per heavy atom. The Morgan fingerprint density at radius 1 is 0.431 bits per heavy atom. The van der Waals surface area contributed by atoms with Gasteiger partial charge in [0.15, 0.2) is 14.1 Å². The van der Waals surface area contributed by atoms with Crippen LogP contribution in [0.1, 0.15) is 208 Å². The Balaban J connectivity index is 0.855. The molecule has 0 aromatic carbocycles. The van der Waals surface area contributed by atoms with E-state index >= 15 is 0 Å². The topological polar surface area (TPSA) is 26.3 Å². The number of rotatable bonds is 50. The Labute approximate surface area is 479 Å². The maximum Gasteiger partial charge on any atom is 0.215 e. The van der Waals surface area contributed by atoms with Crippen LogP contribution in [-0.2, 0) is 10.5 Å². The highest BCUT2D eigenvalue weighted by Gasteiger charge is 2.21. The molecular weight excluding hydrogens is 1070 g/mol. The summed E-state index contributed by atoms with van der Waals surface area (Å²) in [7, 11) is -0.755. The summed E-state index contributed by atoms with van der Waals surface area (Å²) in [6.45, 7) is 9.40. The molecule has 0 aliphatic carbocycles. The van der Waals surface area contributed by atoms with Crippen LogP contribution in [0.4, 0.5) is 0 Å². The molecule has 12 heteroatoms. The van der Waals surface area contributed by atoms with Gasteiger partial charge in [0, 0.05) is 75.1 Å². The zero-order valence-corrected chi connectivity index (χ0v) is 54.3. The fourth-order valence-electron chi connectivity index (χ4n) is 8.90. The van der Waals surface area contributed by atoms with Gasteiger partial charge in [-0.2, -0.15) is 47.0 Å². The quantitative estimate of drug-likeness (QED) is 0.0248. The smallest absolute Gasteiger partial charge is 0.215 e. The third kappa shape index (κ3) is 31.0. The molecule has 4 aromatic rings. The molecule has 4 aromatic heterocycles. The van der Waals surface area contributed by atoms with Crippen LogP contribution in [0.25, 0.3) is 29.3 Å². The molecule has 406 valence electrons. The lowest BCUT2D eigenvalue weighted by molar-refractivity contribution is 0.0983. The van der Waals surface area contributed by atoms with Crippen molar-refractivity contribution < 1.29 is 8.91 Å². The summed E-state index contributed by atoms with van der Waals surface area (Å²) in [6.07, 6.45) is 38.9. The Hall–Kier alpha value is 0.264. The Bertz CT molecular complexity index is 1880. The summed E-state index contributed by atoms with van der Waals surface area (Å²) in [5.74, 6) is 11.1. The molecule has 0 saturated heterocycles. The van der Waals surface area contributed by atoms with Gasteiger partial charge in [0.2, 0.25) is 9.76 Å². The van der Waals surface area contributed by atoms with E-state index in [1.807, 2.05) is 40.1 Å². The van der Waals surface area contributed by atoms with Gasteiger partial charge in [-0.15, -0.1) is 45.3 Å². The number of carbonyl (C=O) groups is 1. The highest BCUT2D eigenvalue weighted by molar-refractivity contribution is 8.05. The minimum absolute atomic E-state index is 0.295. The van der Waals surface area contributed by atoms with Gasteiger partial charge >= 0.3 is 0 Å². The van der Waals surface area contributed by atoms with Gasteiger partial charge in [-0.05, 0) is 117 Å². The van der Waals surface area contributed by atoms with E-state index in [9.17, 15) is 4.79 Å². The molecule has 0 aliphatic rings. The van der Waals surface area contributed by atoms with Crippen LogP contribution in [0, 0.1) is 0 Å². The molecule has 72 heavy (non-hydrogen) atoms. The zero-order chi connectivity index (χ0) is 51.0. The first-order valence-electron chi connectivity index (χ1n) is 29.0. The maximum atomic E-state index is 12.6. The first-order chi connectivity index (χ1) is 35.4. The number of hydrogen-bond donors (Lipinski definition) is 0. The molecule has 0 bridgehead atoms. The van der Waals surface area contributed by atoms with Crippen LogP contribution in [0.2, 0.25) is 25.2 Å². The minimum Gasteiger partial charge on any atom is -0.456 e. The van der Waals surface area contributed by atoms with Crippen LogP contribution >= 0.6 is 92.4 Å². The predicted molar refractivity (Wildman–Crippen MR) is 346 cm³/mol. The fraction of sp³-hybridized carbons (Fsp3) is 0.717. The molecule has 0 amide bonds. The van der Waals surface area contributed by atoms with Crippen molar-refractivity contribution in [2.45, 2.75) is 225 Å². The predicted octanol–water partition coefficient (Wildman–Crippen LogP) is 22.8. The summed E-state index contributed by atoms with van der Waals surface area (Å²) >= 11 is 16.1. The lowest BCUT2D eigenvalue weighted by Gasteiger charge is -2.22. The van der Waals surface area contributed by atoms with E-state index in [1.165, 1.54) is 253 Å². The summed E-state index contributed by atoms with van der Waals surface area (Å²) in [4.78, 5) is 22.9. The van der Waals surface area contributed by atoms with E-state index in [0.717, 1.165) is 33.9 Å². The van der Waals surface area contributed by atoms with Crippen molar-refractivity contribution in [1.29, 1.82) is 0 Å². The highest BCUT2D eigenvalue weighted by atomic mass is 32.2. The van der Waals surface area contributed by atoms with Crippen LogP contribution in [-0.4, -0.2) is 69.9 Å². The molecule has 4 heterocycles. The first-order valence-corrected chi connectivity index (χ1v) is 41.1. The normalized spacial score (nSPS) is 11.9. The third-order valence-electron chi connectivity index (χ3n) is 13.4. The minimum atomic E-state index is -1.49. The second-order valence-electron chi connectivity index (χ2n) is 20.5. The standard InChI is InChI=1S/C60H98O2S8Si2/c1-5-7-9-22-28-42-63-44-46-65-48-49-66-47-45-64-43-29-23-18-14-10-11-15-19-24-30-50-71-62-72(3,4)51-31-25-20-16-12-13-17-21-27-32-52-34-35-55(67-52)56-38-39-59(69-56)60-41-40-58(70-60)57-37-36-54(68-57)53(61)33-26-8-6-2/h34-41H,5-33,42-51H2,1-4H3. The second-order valence-corrected chi connectivity index (χ2v) is 35.4.